The minimum Gasteiger partial charge on any atom is -0.497 e. The molecule has 1 N–H and O–H groups in total. The van der Waals surface area contributed by atoms with E-state index in [-0.39, 0.29) is 35.6 Å². The van der Waals surface area contributed by atoms with Crippen LogP contribution in [0, 0.1) is 12.7 Å². The Bertz CT molecular complexity index is 1610. The van der Waals surface area contributed by atoms with Gasteiger partial charge in [-0.2, -0.15) is 9.50 Å². The van der Waals surface area contributed by atoms with Crippen LogP contribution >= 0.6 is 0 Å². The van der Waals surface area contributed by atoms with E-state index < -0.39 is 0 Å². The van der Waals surface area contributed by atoms with Crippen molar-refractivity contribution in [1.82, 2.24) is 19.6 Å². The summed E-state index contributed by atoms with van der Waals surface area (Å²) in [5.74, 6) is 0.174. The number of nitrogens with one attached hydrogen (secondary N) is 1. The standard InChI is InChI=1S/C28H24FN5O3/c1-18-24(16-19-6-4-3-5-7-19)26(36)34-27(30-18)31-28(32-34)33(17-20-8-12-22(29)13-9-20)25(35)21-10-14-23(37-2)15-11-21/h3-15H,16-17H2,1-2H3,(H,30,31,32). The predicted molar refractivity (Wildman–Crippen MR) is 138 cm³/mol. The van der Waals surface area contributed by atoms with Crippen LogP contribution in [0.1, 0.15) is 32.7 Å². The smallest absolute Gasteiger partial charge is 0.277 e. The number of carbonyl (C=O) groups excluding carboxylic acids is 1. The third-order valence-corrected chi connectivity index (χ3v) is 6.10. The minimum absolute atomic E-state index is 0.0928. The first-order chi connectivity index (χ1) is 17.9. The third-order valence-electron chi connectivity index (χ3n) is 6.10. The van der Waals surface area contributed by atoms with E-state index in [0.29, 0.717) is 34.6 Å². The van der Waals surface area contributed by atoms with E-state index in [9.17, 15) is 14.0 Å². The Morgan fingerprint density at radius 1 is 0.973 bits per heavy atom. The van der Waals surface area contributed by atoms with Crippen LogP contribution < -0.4 is 15.2 Å². The molecule has 0 unspecified atom stereocenters. The molecule has 5 aromatic rings. The Hall–Kier alpha value is -4.79. The molecule has 9 heteroatoms. The fourth-order valence-electron chi connectivity index (χ4n) is 4.07. The molecule has 0 aliphatic heterocycles. The minimum atomic E-state index is -0.377. The lowest BCUT2D eigenvalue weighted by molar-refractivity contribution is 0.0983. The van der Waals surface area contributed by atoms with Gasteiger partial charge in [0.1, 0.15) is 11.6 Å². The highest BCUT2D eigenvalue weighted by atomic mass is 19.1. The Morgan fingerprint density at radius 3 is 2.35 bits per heavy atom. The number of halogens is 1. The quantitative estimate of drug-likeness (QED) is 0.362. The van der Waals surface area contributed by atoms with Gasteiger partial charge in [0.25, 0.3) is 17.2 Å². The Kier molecular flexibility index (Phi) is 6.51. The van der Waals surface area contributed by atoms with Gasteiger partial charge >= 0.3 is 0 Å². The maximum absolute atomic E-state index is 13.6. The summed E-state index contributed by atoms with van der Waals surface area (Å²) < 4.78 is 19.9. The molecule has 3 aromatic carbocycles. The number of aryl methyl sites for hydroxylation is 1. The molecule has 0 aliphatic carbocycles. The summed E-state index contributed by atoms with van der Waals surface area (Å²) >= 11 is 0. The number of ether oxygens (including phenoxy) is 1. The van der Waals surface area contributed by atoms with Crippen LogP contribution in [0.5, 0.6) is 5.75 Å². The number of rotatable bonds is 7. The van der Waals surface area contributed by atoms with Crippen molar-refractivity contribution in [1.29, 1.82) is 0 Å². The molecule has 0 spiro atoms. The first-order valence-electron chi connectivity index (χ1n) is 11.7. The van der Waals surface area contributed by atoms with E-state index in [2.05, 4.69) is 15.1 Å². The van der Waals surface area contributed by atoms with Crippen LogP contribution in [-0.4, -0.2) is 32.6 Å². The van der Waals surface area contributed by atoms with Crippen molar-refractivity contribution in [3.8, 4) is 5.75 Å². The average Bonchev–Trinajstić information content (AvgIpc) is 3.35. The molecule has 1 amide bonds. The SMILES string of the molecule is COc1ccc(C(=O)N(Cc2ccc(F)cc2)c2nc3nc(C)c(Cc4ccccc4)c(=O)n3[nH]2)cc1. The van der Waals surface area contributed by atoms with Crippen LogP contribution in [0.4, 0.5) is 10.3 Å². The van der Waals surface area contributed by atoms with Crippen LogP contribution in [0.15, 0.2) is 83.7 Å². The molecule has 0 radical (unpaired) electrons. The molecule has 0 saturated carbocycles. The molecule has 5 rings (SSSR count). The van der Waals surface area contributed by atoms with E-state index >= 15 is 0 Å². The molecule has 186 valence electrons. The van der Waals surface area contributed by atoms with Gasteiger partial charge in [-0.3, -0.25) is 19.6 Å². The second kappa shape index (κ2) is 10.1. The summed E-state index contributed by atoms with van der Waals surface area (Å²) in [4.78, 5) is 37.4. The monoisotopic (exact) mass is 497 g/mol. The molecular weight excluding hydrogens is 473 g/mol. The first kappa shape index (κ1) is 23.9. The molecular formula is C28H24FN5O3. The molecule has 37 heavy (non-hydrogen) atoms. The maximum Gasteiger partial charge on any atom is 0.277 e. The van der Waals surface area contributed by atoms with Crippen molar-refractivity contribution >= 4 is 17.6 Å². The number of nitrogens with zero attached hydrogens (tertiary/aromatic N) is 4. The lowest BCUT2D eigenvalue weighted by Crippen LogP contribution is -2.31. The fourth-order valence-corrected chi connectivity index (χ4v) is 4.07. The van der Waals surface area contributed by atoms with Gasteiger partial charge in [-0.15, -0.1) is 0 Å². The molecule has 0 atom stereocenters. The van der Waals surface area contributed by atoms with Crippen molar-refractivity contribution in [3.05, 3.63) is 123 Å². The number of hydrogen-bond acceptors (Lipinski definition) is 5. The Morgan fingerprint density at radius 2 is 1.68 bits per heavy atom. The summed E-state index contributed by atoms with van der Waals surface area (Å²) in [6, 6.07) is 22.2. The van der Waals surface area contributed by atoms with Gasteiger partial charge in [-0.1, -0.05) is 42.5 Å². The predicted octanol–water partition coefficient (Wildman–Crippen LogP) is 4.31. The maximum atomic E-state index is 13.6. The average molecular weight is 498 g/mol. The van der Waals surface area contributed by atoms with Crippen molar-refractivity contribution in [2.24, 2.45) is 0 Å². The lowest BCUT2D eigenvalue weighted by atomic mass is 10.1. The second-order valence-electron chi connectivity index (χ2n) is 8.57. The highest BCUT2D eigenvalue weighted by Crippen LogP contribution is 2.20. The molecule has 0 aliphatic rings. The summed E-state index contributed by atoms with van der Waals surface area (Å²) in [7, 11) is 1.55. The van der Waals surface area contributed by atoms with E-state index in [0.717, 1.165) is 5.56 Å². The van der Waals surface area contributed by atoms with Crippen LogP contribution in [0.25, 0.3) is 5.78 Å². The number of hydrogen-bond donors (Lipinski definition) is 1. The van der Waals surface area contributed by atoms with Crippen LogP contribution in [0.3, 0.4) is 0 Å². The number of amides is 1. The zero-order valence-electron chi connectivity index (χ0n) is 20.3. The zero-order valence-corrected chi connectivity index (χ0v) is 20.3. The number of benzene rings is 3. The van der Waals surface area contributed by atoms with Gasteiger partial charge in [-0.25, -0.2) is 9.37 Å². The van der Waals surface area contributed by atoms with E-state index in [1.165, 1.54) is 21.5 Å². The van der Waals surface area contributed by atoms with Gasteiger partial charge in [0.05, 0.1) is 19.3 Å². The van der Waals surface area contributed by atoms with E-state index in [1.807, 2.05) is 30.3 Å². The number of carbonyl (C=O) groups is 1. The van der Waals surface area contributed by atoms with Gasteiger partial charge in [0, 0.05) is 17.5 Å². The largest absolute Gasteiger partial charge is 0.497 e. The first-order valence-corrected chi connectivity index (χ1v) is 11.7. The summed E-state index contributed by atoms with van der Waals surface area (Å²) in [5, 5.41) is 2.96. The normalized spacial score (nSPS) is 11.0. The number of H-pyrrole nitrogens is 1. The highest BCUT2D eigenvalue weighted by Gasteiger charge is 2.23. The molecule has 0 fully saturated rings. The van der Waals surface area contributed by atoms with E-state index in [1.54, 1.807) is 50.4 Å². The number of methoxy groups -OCH3 is 1. The molecule has 8 nitrogen and oxygen atoms in total. The number of fused-ring (bicyclic) bond motifs is 1. The highest BCUT2D eigenvalue weighted by molar-refractivity contribution is 6.05. The van der Waals surface area contributed by atoms with Crippen molar-refractivity contribution in [2.45, 2.75) is 19.9 Å². The van der Waals surface area contributed by atoms with Gasteiger partial charge in [-0.05, 0) is 54.4 Å². The molecule has 0 saturated heterocycles. The number of aromatic nitrogens is 4. The Balaban J connectivity index is 1.57. The van der Waals surface area contributed by atoms with Gasteiger partial charge in [0.15, 0.2) is 0 Å². The topological polar surface area (TPSA) is 92.6 Å². The summed E-state index contributed by atoms with van der Waals surface area (Å²) in [6.45, 7) is 1.86. The van der Waals surface area contributed by atoms with Gasteiger partial charge < -0.3 is 4.74 Å². The Labute approximate surface area is 212 Å². The van der Waals surface area contributed by atoms with Crippen molar-refractivity contribution < 1.29 is 13.9 Å². The number of anilines is 1. The molecule has 2 aromatic heterocycles. The molecule has 2 heterocycles. The van der Waals surface area contributed by atoms with Gasteiger partial charge in [0.2, 0.25) is 5.95 Å². The fraction of sp³-hybridized carbons (Fsp3) is 0.143. The second-order valence-corrected chi connectivity index (χ2v) is 8.57. The summed E-state index contributed by atoms with van der Waals surface area (Å²) in [5.41, 5.74) is 2.87. The lowest BCUT2D eigenvalue weighted by Gasteiger charge is -2.20. The summed E-state index contributed by atoms with van der Waals surface area (Å²) in [6.07, 6.45) is 0.417. The van der Waals surface area contributed by atoms with Crippen LogP contribution in [-0.2, 0) is 13.0 Å². The van der Waals surface area contributed by atoms with Crippen molar-refractivity contribution in [3.63, 3.8) is 0 Å². The molecule has 0 bridgehead atoms. The van der Waals surface area contributed by atoms with Crippen molar-refractivity contribution in [2.75, 3.05) is 12.0 Å². The van der Waals surface area contributed by atoms with E-state index in [4.69, 9.17) is 4.74 Å². The number of aromatic amines is 1. The third kappa shape index (κ3) is 4.97. The zero-order chi connectivity index (χ0) is 25.9. The van der Waals surface area contributed by atoms with Crippen LogP contribution in [0.2, 0.25) is 0 Å².